The number of pyridine rings is 1. The fraction of sp³-hybridized carbons (Fsp3) is 0.400. The van der Waals surface area contributed by atoms with Gasteiger partial charge in [-0.2, -0.15) is 4.98 Å². The zero-order valence-electron chi connectivity index (χ0n) is 9.37. The van der Waals surface area contributed by atoms with Gasteiger partial charge in [0.05, 0.1) is 13.7 Å². The van der Waals surface area contributed by atoms with Gasteiger partial charge in [0.1, 0.15) is 11.4 Å². The lowest BCUT2D eigenvalue weighted by atomic mass is 10.1. The number of nitrogen functional groups attached to an aromatic ring is 1. The highest BCUT2D eigenvalue weighted by Gasteiger charge is 2.24. The highest BCUT2D eigenvalue weighted by molar-refractivity contribution is 5.96. The van der Waals surface area contributed by atoms with E-state index in [0.717, 1.165) is 6.07 Å². The number of methoxy groups -OCH3 is 1. The molecule has 0 unspecified atom stereocenters. The molecule has 7 heteroatoms. The van der Waals surface area contributed by atoms with Crippen molar-refractivity contribution < 1.29 is 23.0 Å². The average molecular weight is 246 g/mol. The molecule has 0 aliphatic rings. The third-order valence-electron chi connectivity index (χ3n) is 1.98. The van der Waals surface area contributed by atoms with Gasteiger partial charge in [-0.15, -0.1) is 0 Å². The van der Waals surface area contributed by atoms with Crippen molar-refractivity contribution in [1.29, 1.82) is 0 Å². The van der Waals surface area contributed by atoms with E-state index in [2.05, 4.69) is 9.72 Å². The van der Waals surface area contributed by atoms with E-state index in [9.17, 15) is 13.6 Å². The van der Waals surface area contributed by atoms with Gasteiger partial charge in [-0.1, -0.05) is 0 Å². The van der Waals surface area contributed by atoms with Crippen LogP contribution in [0.3, 0.4) is 0 Å². The van der Waals surface area contributed by atoms with Gasteiger partial charge in [0.15, 0.2) is 0 Å². The third kappa shape index (κ3) is 2.80. The number of carbonyl (C=O) groups is 1. The number of nitrogens with zero attached hydrogens (tertiary/aromatic N) is 1. The molecule has 0 radical (unpaired) electrons. The number of anilines is 1. The standard InChI is InChI=1S/C10H12F2N2O3/c1-3-17-10(15)7-5(8(11)12)4-6(16-2)14-9(7)13/h4,8H,3H2,1-2H3,(H2,13,14). The molecule has 1 heterocycles. The number of nitrogens with two attached hydrogens (primary N) is 1. The number of halogens is 2. The number of esters is 1. The number of rotatable bonds is 4. The predicted molar refractivity (Wildman–Crippen MR) is 56.1 cm³/mol. The van der Waals surface area contributed by atoms with Crippen molar-refractivity contribution in [2.24, 2.45) is 0 Å². The Balaban J connectivity index is 3.31. The molecule has 2 N–H and O–H groups in total. The summed E-state index contributed by atoms with van der Waals surface area (Å²) < 4.78 is 34.9. The summed E-state index contributed by atoms with van der Waals surface area (Å²) in [4.78, 5) is 15.1. The van der Waals surface area contributed by atoms with Crippen molar-refractivity contribution in [3.05, 3.63) is 17.2 Å². The molecule has 0 saturated heterocycles. The van der Waals surface area contributed by atoms with Gasteiger partial charge in [-0.3, -0.25) is 0 Å². The molecule has 1 aromatic heterocycles. The molecular formula is C10H12F2N2O3. The highest BCUT2D eigenvalue weighted by Crippen LogP contribution is 2.29. The second-order valence-electron chi connectivity index (χ2n) is 3.04. The largest absolute Gasteiger partial charge is 0.481 e. The summed E-state index contributed by atoms with van der Waals surface area (Å²) in [6, 6.07) is 0.966. The van der Waals surface area contributed by atoms with Crippen molar-refractivity contribution in [3.8, 4) is 5.88 Å². The maximum absolute atomic E-state index is 12.8. The summed E-state index contributed by atoms with van der Waals surface area (Å²) in [6.45, 7) is 1.63. The average Bonchev–Trinajstić information content (AvgIpc) is 2.27. The van der Waals surface area contributed by atoms with Crippen LogP contribution in [0, 0.1) is 0 Å². The molecular weight excluding hydrogens is 234 g/mol. The first kappa shape index (κ1) is 13.1. The van der Waals surface area contributed by atoms with E-state index in [-0.39, 0.29) is 18.3 Å². The Morgan fingerprint density at radius 1 is 1.59 bits per heavy atom. The lowest BCUT2D eigenvalue weighted by molar-refractivity contribution is 0.0516. The first-order valence-corrected chi connectivity index (χ1v) is 4.80. The Kier molecular flexibility index (Phi) is 4.19. The SMILES string of the molecule is CCOC(=O)c1c(C(F)F)cc(OC)nc1N. The molecule has 0 bridgehead atoms. The minimum atomic E-state index is -2.87. The Labute approximate surface area is 96.5 Å². The summed E-state index contributed by atoms with van der Waals surface area (Å²) in [6.07, 6.45) is -2.87. The zero-order chi connectivity index (χ0) is 13.0. The molecule has 0 aromatic carbocycles. The summed E-state index contributed by atoms with van der Waals surface area (Å²) in [5.74, 6) is -1.33. The normalized spacial score (nSPS) is 10.4. The van der Waals surface area contributed by atoms with Crippen LogP contribution in [0.4, 0.5) is 14.6 Å². The van der Waals surface area contributed by atoms with Crippen LogP contribution < -0.4 is 10.5 Å². The number of hydrogen-bond acceptors (Lipinski definition) is 5. The van der Waals surface area contributed by atoms with Gasteiger partial charge in [0.2, 0.25) is 5.88 Å². The summed E-state index contributed by atoms with van der Waals surface area (Å²) in [5.41, 5.74) is 4.48. The molecule has 0 amide bonds. The molecule has 0 saturated carbocycles. The number of aromatic nitrogens is 1. The van der Waals surface area contributed by atoms with E-state index in [0.29, 0.717) is 0 Å². The summed E-state index contributed by atoms with van der Waals surface area (Å²) >= 11 is 0. The smallest absolute Gasteiger partial charge is 0.342 e. The van der Waals surface area contributed by atoms with Crippen molar-refractivity contribution in [3.63, 3.8) is 0 Å². The first-order chi connectivity index (χ1) is 8.01. The van der Waals surface area contributed by atoms with Crippen molar-refractivity contribution >= 4 is 11.8 Å². The Morgan fingerprint density at radius 2 is 2.24 bits per heavy atom. The Bertz CT molecular complexity index is 424. The maximum Gasteiger partial charge on any atom is 0.342 e. The molecule has 0 aliphatic heterocycles. The van der Waals surface area contributed by atoms with Crippen LogP contribution in [0.2, 0.25) is 0 Å². The molecule has 0 atom stereocenters. The zero-order valence-corrected chi connectivity index (χ0v) is 9.37. The Morgan fingerprint density at radius 3 is 2.71 bits per heavy atom. The van der Waals surface area contributed by atoms with E-state index >= 15 is 0 Å². The lowest BCUT2D eigenvalue weighted by Gasteiger charge is -2.11. The molecule has 0 fully saturated rings. The third-order valence-corrected chi connectivity index (χ3v) is 1.98. The first-order valence-electron chi connectivity index (χ1n) is 4.80. The van der Waals surface area contributed by atoms with E-state index in [1.165, 1.54) is 7.11 Å². The second kappa shape index (κ2) is 5.42. The summed E-state index contributed by atoms with van der Waals surface area (Å²) in [7, 11) is 1.26. The number of ether oxygens (including phenoxy) is 2. The van der Waals surface area contributed by atoms with Gasteiger partial charge in [0.25, 0.3) is 6.43 Å². The van der Waals surface area contributed by atoms with Crippen LogP contribution in [0.5, 0.6) is 5.88 Å². The predicted octanol–water partition coefficient (Wildman–Crippen LogP) is 1.79. The maximum atomic E-state index is 12.8. The molecule has 17 heavy (non-hydrogen) atoms. The minimum absolute atomic E-state index is 0.0625. The van der Waals surface area contributed by atoms with Crippen LogP contribution in [0.15, 0.2) is 6.07 Å². The Hall–Kier alpha value is -1.92. The molecule has 1 aromatic rings. The van der Waals surface area contributed by atoms with Crippen LogP contribution >= 0.6 is 0 Å². The number of hydrogen-bond donors (Lipinski definition) is 1. The van der Waals surface area contributed by atoms with Gasteiger partial charge in [0, 0.05) is 11.6 Å². The molecule has 0 spiro atoms. The summed E-state index contributed by atoms with van der Waals surface area (Å²) in [5, 5.41) is 0. The lowest BCUT2D eigenvalue weighted by Crippen LogP contribution is -2.13. The molecule has 5 nitrogen and oxygen atoms in total. The van der Waals surface area contributed by atoms with Crippen LogP contribution in [-0.2, 0) is 4.74 Å². The van der Waals surface area contributed by atoms with E-state index in [1.54, 1.807) is 6.92 Å². The monoisotopic (exact) mass is 246 g/mol. The van der Waals surface area contributed by atoms with Crippen molar-refractivity contribution in [2.75, 3.05) is 19.5 Å². The molecule has 0 aliphatic carbocycles. The quantitative estimate of drug-likeness (QED) is 0.820. The van der Waals surface area contributed by atoms with E-state index < -0.39 is 23.5 Å². The minimum Gasteiger partial charge on any atom is -0.481 e. The molecule has 1 rings (SSSR count). The van der Waals surface area contributed by atoms with Crippen molar-refractivity contribution in [2.45, 2.75) is 13.3 Å². The second-order valence-corrected chi connectivity index (χ2v) is 3.04. The highest BCUT2D eigenvalue weighted by atomic mass is 19.3. The molecule has 94 valence electrons. The van der Waals surface area contributed by atoms with Crippen LogP contribution in [0.25, 0.3) is 0 Å². The van der Waals surface area contributed by atoms with Crippen LogP contribution in [-0.4, -0.2) is 24.7 Å². The van der Waals surface area contributed by atoms with E-state index in [1.807, 2.05) is 0 Å². The topological polar surface area (TPSA) is 74.4 Å². The fourth-order valence-corrected chi connectivity index (χ4v) is 1.26. The van der Waals surface area contributed by atoms with Gasteiger partial charge >= 0.3 is 5.97 Å². The van der Waals surface area contributed by atoms with E-state index in [4.69, 9.17) is 10.5 Å². The van der Waals surface area contributed by atoms with Crippen LogP contribution in [0.1, 0.15) is 29.3 Å². The van der Waals surface area contributed by atoms with Gasteiger partial charge in [-0.25, -0.2) is 13.6 Å². The van der Waals surface area contributed by atoms with Crippen molar-refractivity contribution in [1.82, 2.24) is 4.98 Å². The van der Waals surface area contributed by atoms with Gasteiger partial charge in [-0.05, 0) is 6.92 Å². The number of alkyl halides is 2. The number of carbonyl (C=O) groups excluding carboxylic acids is 1. The van der Waals surface area contributed by atoms with Gasteiger partial charge < -0.3 is 15.2 Å². The fourth-order valence-electron chi connectivity index (χ4n) is 1.26.